The van der Waals surface area contributed by atoms with Crippen LogP contribution in [-0.2, 0) is 14.6 Å². The van der Waals surface area contributed by atoms with Gasteiger partial charge in [0.1, 0.15) is 18.1 Å². The molecule has 2 saturated heterocycles. The normalized spacial score (nSPS) is 22.8. The summed E-state index contributed by atoms with van der Waals surface area (Å²) in [7, 11) is -1.61. The number of rotatable bonds is 7. The maximum absolute atomic E-state index is 13.1. The molecule has 172 valence electrons. The molecule has 2 aliphatic heterocycles. The van der Waals surface area contributed by atoms with Gasteiger partial charge in [0, 0.05) is 18.3 Å². The lowest BCUT2D eigenvalue weighted by Gasteiger charge is -2.43. The SMILES string of the molecule is COc1ccc(OCCN2CC(=O)N(c3ccc(C(C)C)cc3)C3CS(=O)(=O)CC32)cc1. The third-order valence-electron chi connectivity index (χ3n) is 6.25. The van der Waals surface area contributed by atoms with Crippen LogP contribution < -0.4 is 14.4 Å². The smallest absolute Gasteiger partial charge is 0.241 e. The fourth-order valence-electron chi connectivity index (χ4n) is 4.51. The molecule has 2 unspecified atom stereocenters. The predicted molar refractivity (Wildman–Crippen MR) is 124 cm³/mol. The molecule has 1 amide bonds. The maximum atomic E-state index is 13.1. The van der Waals surface area contributed by atoms with Gasteiger partial charge in [-0.2, -0.15) is 0 Å². The third-order valence-corrected chi connectivity index (χ3v) is 7.94. The van der Waals surface area contributed by atoms with Crippen LogP contribution in [0.2, 0.25) is 0 Å². The van der Waals surface area contributed by atoms with Crippen LogP contribution >= 0.6 is 0 Å². The Labute approximate surface area is 189 Å². The fraction of sp³-hybridized carbons (Fsp3) is 0.458. The van der Waals surface area contributed by atoms with E-state index in [4.69, 9.17) is 9.47 Å². The molecule has 8 heteroatoms. The number of hydrogen-bond acceptors (Lipinski definition) is 6. The van der Waals surface area contributed by atoms with Crippen LogP contribution in [0.1, 0.15) is 25.3 Å². The molecule has 2 atom stereocenters. The topological polar surface area (TPSA) is 76.2 Å². The molecule has 0 saturated carbocycles. The number of sulfone groups is 1. The van der Waals surface area contributed by atoms with E-state index >= 15 is 0 Å². The quantitative estimate of drug-likeness (QED) is 0.635. The molecule has 2 aliphatic rings. The number of piperazine rings is 1. The Morgan fingerprint density at radius 1 is 0.969 bits per heavy atom. The highest BCUT2D eigenvalue weighted by molar-refractivity contribution is 7.91. The zero-order valence-electron chi connectivity index (χ0n) is 18.7. The summed E-state index contributed by atoms with van der Waals surface area (Å²) in [6.07, 6.45) is 0. The summed E-state index contributed by atoms with van der Waals surface area (Å²) in [6, 6.07) is 14.6. The summed E-state index contributed by atoms with van der Waals surface area (Å²) >= 11 is 0. The summed E-state index contributed by atoms with van der Waals surface area (Å²) in [5, 5.41) is 0. The molecule has 4 rings (SSSR count). The number of anilines is 1. The summed E-state index contributed by atoms with van der Waals surface area (Å²) in [5.41, 5.74) is 1.95. The summed E-state index contributed by atoms with van der Waals surface area (Å²) in [6.45, 7) is 5.26. The number of fused-ring (bicyclic) bond motifs is 1. The molecule has 0 aromatic heterocycles. The first-order valence-electron chi connectivity index (χ1n) is 10.9. The lowest BCUT2D eigenvalue weighted by atomic mass is 10.0. The van der Waals surface area contributed by atoms with E-state index in [1.54, 1.807) is 12.0 Å². The van der Waals surface area contributed by atoms with Crippen molar-refractivity contribution in [2.24, 2.45) is 0 Å². The van der Waals surface area contributed by atoms with Gasteiger partial charge in [-0.1, -0.05) is 26.0 Å². The van der Waals surface area contributed by atoms with Crippen molar-refractivity contribution in [1.29, 1.82) is 0 Å². The van der Waals surface area contributed by atoms with Crippen LogP contribution in [-0.4, -0.2) is 69.6 Å². The number of nitrogens with zero attached hydrogens (tertiary/aromatic N) is 2. The van der Waals surface area contributed by atoms with E-state index in [2.05, 4.69) is 13.8 Å². The van der Waals surface area contributed by atoms with Crippen molar-refractivity contribution >= 4 is 21.4 Å². The Kier molecular flexibility index (Phi) is 6.44. The van der Waals surface area contributed by atoms with Crippen LogP contribution in [0.4, 0.5) is 5.69 Å². The fourth-order valence-corrected chi connectivity index (χ4v) is 6.49. The zero-order valence-corrected chi connectivity index (χ0v) is 19.5. The minimum Gasteiger partial charge on any atom is -0.497 e. The van der Waals surface area contributed by atoms with E-state index in [-0.39, 0.29) is 36.0 Å². The monoisotopic (exact) mass is 458 g/mol. The van der Waals surface area contributed by atoms with Gasteiger partial charge in [-0.3, -0.25) is 9.69 Å². The maximum Gasteiger partial charge on any atom is 0.241 e. The largest absolute Gasteiger partial charge is 0.497 e. The Hall–Kier alpha value is -2.58. The number of methoxy groups -OCH3 is 1. The Balaban J connectivity index is 1.47. The van der Waals surface area contributed by atoms with E-state index < -0.39 is 9.84 Å². The van der Waals surface area contributed by atoms with Crippen LogP contribution in [0.5, 0.6) is 11.5 Å². The highest BCUT2D eigenvalue weighted by Crippen LogP contribution is 2.32. The molecule has 0 radical (unpaired) electrons. The van der Waals surface area contributed by atoms with Gasteiger partial charge < -0.3 is 14.4 Å². The van der Waals surface area contributed by atoms with Crippen LogP contribution in [0, 0.1) is 0 Å². The molecule has 2 fully saturated rings. The van der Waals surface area contributed by atoms with Gasteiger partial charge >= 0.3 is 0 Å². The minimum atomic E-state index is -3.22. The van der Waals surface area contributed by atoms with Crippen molar-refractivity contribution in [2.45, 2.75) is 31.8 Å². The van der Waals surface area contributed by atoms with E-state index in [9.17, 15) is 13.2 Å². The molecule has 32 heavy (non-hydrogen) atoms. The molecule has 0 N–H and O–H groups in total. The zero-order chi connectivity index (χ0) is 22.9. The second-order valence-corrected chi connectivity index (χ2v) is 10.9. The first kappa shape index (κ1) is 22.6. The average Bonchev–Trinajstić information content (AvgIpc) is 3.09. The summed E-state index contributed by atoms with van der Waals surface area (Å²) in [4.78, 5) is 16.8. The number of hydrogen-bond donors (Lipinski definition) is 0. The van der Waals surface area contributed by atoms with Crippen molar-refractivity contribution in [2.75, 3.05) is 43.2 Å². The highest BCUT2D eigenvalue weighted by atomic mass is 32.2. The van der Waals surface area contributed by atoms with E-state index in [1.165, 1.54) is 5.56 Å². The van der Waals surface area contributed by atoms with Gasteiger partial charge in [-0.15, -0.1) is 0 Å². The first-order chi connectivity index (χ1) is 15.3. The number of amides is 1. The Morgan fingerprint density at radius 2 is 1.59 bits per heavy atom. The second-order valence-electron chi connectivity index (χ2n) is 8.72. The molecular weight excluding hydrogens is 428 g/mol. The lowest BCUT2D eigenvalue weighted by molar-refractivity contribution is -0.123. The van der Waals surface area contributed by atoms with Crippen LogP contribution in [0.25, 0.3) is 0 Å². The highest BCUT2D eigenvalue weighted by Gasteiger charge is 2.49. The number of carbonyl (C=O) groups excluding carboxylic acids is 1. The van der Waals surface area contributed by atoms with Crippen molar-refractivity contribution < 1.29 is 22.7 Å². The van der Waals surface area contributed by atoms with Crippen molar-refractivity contribution in [3.8, 4) is 11.5 Å². The molecule has 0 bridgehead atoms. The van der Waals surface area contributed by atoms with Gasteiger partial charge in [0.2, 0.25) is 5.91 Å². The molecule has 2 heterocycles. The second kappa shape index (κ2) is 9.11. The van der Waals surface area contributed by atoms with Gasteiger partial charge in [-0.05, 0) is 47.9 Å². The number of ether oxygens (including phenoxy) is 2. The lowest BCUT2D eigenvalue weighted by Crippen LogP contribution is -2.62. The predicted octanol–water partition coefficient (Wildman–Crippen LogP) is 2.71. The summed E-state index contributed by atoms with van der Waals surface area (Å²) < 4.78 is 36.0. The molecule has 2 aromatic rings. The van der Waals surface area contributed by atoms with Gasteiger partial charge in [-0.25, -0.2) is 8.42 Å². The Bertz CT molecular complexity index is 1050. The van der Waals surface area contributed by atoms with Crippen molar-refractivity contribution in [3.05, 3.63) is 54.1 Å². The average molecular weight is 459 g/mol. The first-order valence-corrected chi connectivity index (χ1v) is 12.7. The van der Waals surface area contributed by atoms with E-state index in [0.29, 0.717) is 24.8 Å². The van der Waals surface area contributed by atoms with Crippen LogP contribution in [0.3, 0.4) is 0 Å². The minimum absolute atomic E-state index is 0.00875. The van der Waals surface area contributed by atoms with Gasteiger partial charge in [0.15, 0.2) is 9.84 Å². The third kappa shape index (κ3) is 4.76. The number of carbonyl (C=O) groups is 1. The van der Waals surface area contributed by atoms with E-state index in [0.717, 1.165) is 11.4 Å². The Morgan fingerprint density at radius 3 is 2.22 bits per heavy atom. The van der Waals surface area contributed by atoms with Gasteiger partial charge in [0.25, 0.3) is 0 Å². The molecule has 0 spiro atoms. The van der Waals surface area contributed by atoms with E-state index in [1.807, 2.05) is 53.4 Å². The molecular formula is C24H30N2O5S. The van der Waals surface area contributed by atoms with Crippen LogP contribution in [0.15, 0.2) is 48.5 Å². The standard InChI is InChI=1S/C24H30N2O5S/c1-17(2)18-4-6-19(7-5-18)26-23-16-32(28,29)15-22(23)25(14-24(26)27)12-13-31-21-10-8-20(30-3)9-11-21/h4-11,17,22-23H,12-16H2,1-3H3. The van der Waals surface area contributed by atoms with Gasteiger partial charge in [0.05, 0.1) is 31.2 Å². The molecule has 0 aliphatic carbocycles. The number of benzene rings is 2. The molecule has 2 aromatic carbocycles. The summed E-state index contributed by atoms with van der Waals surface area (Å²) in [5.74, 6) is 1.82. The van der Waals surface area contributed by atoms with Crippen molar-refractivity contribution in [3.63, 3.8) is 0 Å². The molecule has 7 nitrogen and oxygen atoms in total. The van der Waals surface area contributed by atoms with Crippen molar-refractivity contribution in [1.82, 2.24) is 4.90 Å².